The Balaban J connectivity index is 3.05. The Kier molecular flexibility index (Phi) is 6.26. The van der Waals surface area contributed by atoms with Gasteiger partial charge < -0.3 is 4.90 Å². The molecule has 0 aliphatic rings. The van der Waals surface area contributed by atoms with Gasteiger partial charge in [-0.1, -0.05) is 6.07 Å². The summed E-state index contributed by atoms with van der Waals surface area (Å²) in [5, 5.41) is 0. The van der Waals surface area contributed by atoms with Gasteiger partial charge in [-0.25, -0.2) is 8.42 Å². The molecule has 108 valence electrons. The van der Waals surface area contributed by atoms with E-state index in [-0.39, 0.29) is 10.8 Å². The minimum absolute atomic E-state index is 0.256. The van der Waals surface area contributed by atoms with Crippen LogP contribution in [0.25, 0.3) is 0 Å². The minimum Gasteiger partial charge on any atom is -0.308 e. The van der Waals surface area contributed by atoms with E-state index in [1.807, 2.05) is 19.0 Å². The van der Waals surface area contributed by atoms with Crippen LogP contribution < -0.4 is 0 Å². The molecular formula is C12H18BrClN2O2S. The smallest absolute Gasteiger partial charge is 0.243 e. The number of sulfonamides is 1. The number of hydrogen-bond acceptors (Lipinski definition) is 3. The molecule has 1 rings (SSSR count). The van der Waals surface area contributed by atoms with Crippen molar-refractivity contribution in [3.8, 4) is 0 Å². The SMILES string of the molecule is CN(C)CCN(C)S(=O)(=O)c1cc(CCl)ccc1Br. The van der Waals surface area contributed by atoms with Gasteiger partial charge in [0.2, 0.25) is 10.0 Å². The van der Waals surface area contributed by atoms with Crippen LogP contribution >= 0.6 is 27.5 Å². The topological polar surface area (TPSA) is 40.6 Å². The average molecular weight is 370 g/mol. The van der Waals surface area contributed by atoms with Crippen LogP contribution in [-0.4, -0.2) is 51.9 Å². The molecule has 7 heteroatoms. The van der Waals surface area contributed by atoms with Crippen molar-refractivity contribution in [1.29, 1.82) is 0 Å². The van der Waals surface area contributed by atoms with Crippen molar-refractivity contribution in [3.63, 3.8) is 0 Å². The molecule has 0 aromatic heterocycles. The molecule has 0 unspecified atom stereocenters. The highest BCUT2D eigenvalue weighted by atomic mass is 79.9. The van der Waals surface area contributed by atoms with Crippen molar-refractivity contribution in [3.05, 3.63) is 28.2 Å². The quantitative estimate of drug-likeness (QED) is 0.723. The lowest BCUT2D eigenvalue weighted by molar-refractivity contribution is 0.358. The highest BCUT2D eigenvalue weighted by molar-refractivity contribution is 9.10. The molecular weight excluding hydrogens is 352 g/mol. The van der Waals surface area contributed by atoms with Gasteiger partial charge >= 0.3 is 0 Å². The lowest BCUT2D eigenvalue weighted by Crippen LogP contribution is -2.33. The highest BCUT2D eigenvalue weighted by Gasteiger charge is 2.23. The third kappa shape index (κ3) is 4.43. The van der Waals surface area contributed by atoms with E-state index in [0.29, 0.717) is 17.6 Å². The molecule has 0 amide bonds. The molecule has 0 radical (unpaired) electrons. The lowest BCUT2D eigenvalue weighted by atomic mass is 10.2. The number of nitrogens with zero attached hydrogens (tertiary/aromatic N) is 2. The van der Waals surface area contributed by atoms with Crippen LogP contribution in [0.1, 0.15) is 5.56 Å². The maximum absolute atomic E-state index is 12.5. The van der Waals surface area contributed by atoms with Crippen LogP contribution in [0.5, 0.6) is 0 Å². The maximum Gasteiger partial charge on any atom is 0.243 e. The van der Waals surface area contributed by atoms with Gasteiger partial charge in [-0.2, -0.15) is 4.31 Å². The Morgan fingerprint density at radius 1 is 1.21 bits per heavy atom. The predicted molar refractivity (Wildman–Crippen MR) is 82.1 cm³/mol. The molecule has 0 bridgehead atoms. The molecule has 0 aliphatic carbocycles. The monoisotopic (exact) mass is 368 g/mol. The molecule has 0 heterocycles. The maximum atomic E-state index is 12.5. The van der Waals surface area contributed by atoms with Crippen LogP contribution in [0.4, 0.5) is 0 Å². The molecule has 19 heavy (non-hydrogen) atoms. The first-order chi connectivity index (χ1) is 8.78. The molecule has 0 saturated carbocycles. The van der Waals surface area contributed by atoms with Crippen molar-refractivity contribution in [2.24, 2.45) is 0 Å². The Morgan fingerprint density at radius 2 is 1.84 bits per heavy atom. The van der Waals surface area contributed by atoms with Crippen molar-refractivity contribution < 1.29 is 8.42 Å². The summed E-state index contributed by atoms with van der Waals surface area (Å²) in [4.78, 5) is 2.20. The van der Waals surface area contributed by atoms with Crippen LogP contribution in [0.2, 0.25) is 0 Å². The summed E-state index contributed by atoms with van der Waals surface area (Å²) in [5.41, 5.74) is 0.782. The van der Waals surface area contributed by atoms with Crippen LogP contribution in [0, 0.1) is 0 Å². The molecule has 0 fully saturated rings. The van der Waals surface area contributed by atoms with Crippen molar-refractivity contribution >= 4 is 37.6 Å². The van der Waals surface area contributed by atoms with Gasteiger partial charge in [0, 0.05) is 30.5 Å². The second-order valence-corrected chi connectivity index (χ2v) is 7.66. The summed E-state index contributed by atoms with van der Waals surface area (Å²) in [6.45, 7) is 1.11. The first kappa shape index (κ1) is 16.9. The Labute approximate surface area is 128 Å². The van der Waals surface area contributed by atoms with Gasteiger partial charge in [-0.3, -0.25) is 0 Å². The largest absolute Gasteiger partial charge is 0.308 e. The van der Waals surface area contributed by atoms with E-state index in [2.05, 4.69) is 15.9 Å². The van der Waals surface area contributed by atoms with Crippen LogP contribution in [0.15, 0.2) is 27.6 Å². The summed E-state index contributed by atoms with van der Waals surface area (Å²) in [7, 11) is 1.90. The van der Waals surface area contributed by atoms with Crippen LogP contribution in [0.3, 0.4) is 0 Å². The van der Waals surface area contributed by atoms with E-state index in [1.165, 1.54) is 4.31 Å². The molecule has 1 aromatic rings. The zero-order chi connectivity index (χ0) is 14.6. The lowest BCUT2D eigenvalue weighted by Gasteiger charge is -2.20. The summed E-state index contributed by atoms with van der Waals surface area (Å²) >= 11 is 9.04. The normalized spacial score (nSPS) is 12.4. The van der Waals surface area contributed by atoms with Gasteiger partial charge in [-0.05, 0) is 47.7 Å². The fraction of sp³-hybridized carbons (Fsp3) is 0.500. The van der Waals surface area contributed by atoms with Crippen molar-refractivity contribution in [2.75, 3.05) is 34.2 Å². The molecule has 0 aliphatic heterocycles. The first-order valence-corrected chi connectivity index (χ1v) is 8.51. The molecule has 0 N–H and O–H groups in total. The number of likely N-dealkylation sites (N-methyl/N-ethyl adjacent to an activating group) is 2. The summed E-state index contributed by atoms with van der Waals surface area (Å²) in [5.74, 6) is 0.289. The van der Waals surface area contributed by atoms with Gasteiger partial charge in [0.05, 0.1) is 4.90 Å². The zero-order valence-electron chi connectivity index (χ0n) is 11.2. The molecule has 0 spiro atoms. The molecule has 4 nitrogen and oxygen atoms in total. The number of alkyl halides is 1. The van der Waals surface area contributed by atoms with E-state index in [4.69, 9.17) is 11.6 Å². The van der Waals surface area contributed by atoms with Crippen molar-refractivity contribution in [1.82, 2.24) is 9.21 Å². The standard InChI is InChI=1S/C12H18BrClN2O2S/c1-15(2)6-7-16(3)19(17,18)12-8-10(9-14)4-5-11(12)13/h4-5,8H,6-7,9H2,1-3H3. The Bertz CT molecular complexity index is 535. The van der Waals surface area contributed by atoms with E-state index in [0.717, 1.165) is 5.56 Å². The highest BCUT2D eigenvalue weighted by Crippen LogP contribution is 2.26. The summed E-state index contributed by atoms with van der Waals surface area (Å²) in [6.07, 6.45) is 0. The summed E-state index contributed by atoms with van der Waals surface area (Å²) in [6, 6.07) is 5.12. The van der Waals surface area contributed by atoms with Gasteiger partial charge in [0.15, 0.2) is 0 Å². The van der Waals surface area contributed by atoms with E-state index >= 15 is 0 Å². The number of halogens is 2. The third-order valence-corrected chi connectivity index (χ3v) is 5.86. The fourth-order valence-electron chi connectivity index (χ4n) is 1.46. The number of benzene rings is 1. The molecule has 1 aromatic carbocycles. The number of rotatable bonds is 6. The van der Waals surface area contributed by atoms with Gasteiger partial charge in [-0.15, -0.1) is 11.6 Å². The first-order valence-electron chi connectivity index (χ1n) is 5.74. The predicted octanol–water partition coefficient (Wildman–Crippen LogP) is 2.37. The second-order valence-electron chi connectivity index (χ2n) is 4.53. The molecule has 0 saturated heterocycles. The third-order valence-electron chi connectivity index (χ3n) is 2.70. The van der Waals surface area contributed by atoms with Crippen LogP contribution in [-0.2, 0) is 15.9 Å². The fourth-order valence-corrected chi connectivity index (χ4v) is 3.76. The van der Waals surface area contributed by atoms with E-state index in [1.54, 1.807) is 25.2 Å². The van der Waals surface area contributed by atoms with Crippen molar-refractivity contribution in [2.45, 2.75) is 10.8 Å². The minimum atomic E-state index is -3.50. The average Bonchev–Trinajstić information content (AvgIpc) is 2.36. The Morgan fingerprint density at radius 3 is 2.37 bits per heavy atom. The Hall–Kier alpha value is -0.140. The van der Waals surface area contributed by atoms with E-state index < -0.39 is 10.0 Å². The summed E-state index contributed by atoms with van der Waals surface area (Å²) < 4.78 is 26.8. The zero-order valence-corrected chi connectivity index (χ0v) is 14.4. The molecule has 0 atom stereocenters. The number of hydrogen-bond donors (Lipinski definition) is 0. The van der Waals surface area contributed by atoms with E-state index in [9.17, 15) is 8.42 Å². The van der Waals surface area contributed by atoms with Gasteiger partial charge in [0.1, 0.15) is 0 Å². The second kappa shape index (κ2) is 7.04. The van der Waals surface area contributed by atoms with Gasteiger partial charge in [0.25, 0.3) is 0 Å².